The van der Waals surface area contributed by atoms with Crippen LogP contribution in [-0.2, 0) is 17.8 Å². The summed E-state index contributed by atoms with van der Waals surface area (Å²) in [6, 6.07) is 24.9. The van der Waals surface area contributed by atoms with Crippen molar-refractivity contribution in [1.29, 1.82) is 0 Å². The van der Waals surface area contributed by atoms with E-state index in [2.05, 4.69) is 26.2 Å². The van der Waals surface area contributed by atoms with E-state index >= 15 is 0 Å². The van der Waals surface area contributed by atoms with Crippen LogP contribution in [-0.4, -0.2) is 15.6 Å². The van der Waals surface area contributed by atoms with Gasteiger partial charge in [-0.25, -0.2) is 0 Å². The Morgan fingerprint density at radius 3 is 2.28 bits per heavy atom. The minimum Gasteiger partial charge on any atom is -0.493 e. The van der Waals surface area contributed by atoms with Gasteiger partial charge in [-0.2, -0.15) is 0 Å². The van der Waals surface area contributed by atoms with Crippen LogP contribution in [0.1, 0.15) is 11.1 Å². The van der Waals surface area contributed by atoms with Gasteiger partial charge in [-0.05, 0) is 29.3 Å². The fourth-order valence-corrected chi connectivity index (χ4v) is 3.59. The summed E-state index contributed by atoms with van der Waals surface area (Å²) in [5.74, 6) is -0.382. The topological polar surface area (TPSA) is 66.9 Å². The lowest BCUT2D eigenvalue weighted by Crippen LogP contribution is -1.98. The van der Waals surface area contributed by atoms with Crippen molar-refractivity contribution in [1.82, 2.24) is 4.57 Å². The molecule has 3 aromatic carbocycles. The van der Waals surface area contributed by atoms with Crippen molar-refractivity contribution < 1.29 is 9.90 Å². The number of halogens is 1. The molecule has 0 saturated heterocycles. The van der Waals surface area contributed by atoms with Crippen molar-refractivity contribution in [2.24, 2.45) is 10.2 Å². The second-order valence-corrected chi connectivity index (χ2v) is 7.58. The van der Waals surface area contributed by atoms with Crippen molar-refractivity contribution in [3.63, 3.8) is 0 Å². The number of aromatic hydroxyl groups is 1. The van der Waals surface area contributed by atoms with Crippen molar-refractivity contribution in [2.45, 2.75) is 13.0 Å². The summed E-state index contributed by atoms with van der Waals surface area (Å²) >= 11 is 3.46. The molecule has 0 aliphatic rings. The van der Waals surface area contributed by atoms with E-state index in [-0.39, 0.29) is 18.2 Å². The number of fused-ring (bicyclic) bond motifs is 1. The summed E-state index contributed by atoms with van der Waals surface area (Å²) in [6.07, 6.45) is 0.164. The molecule has 0 fully saturated rings. The molecule has 0 atom stereocenters. The van der Waals surface area contributed by atoms with E-state index in [9.17, 15) is 9.90 Å². The van der Waals surface area contributed by atoms with Crippen LogP contribution in [0.3, 0.4) is 0 Å². The van der Waals surface area contributed by atoms with Crippen molar-refractivity contribution in [3.8, 4) is 5.88 Å². The average molecular weight is 448 g/mol. The van der Waals surface area contributed by atoms with Crippen LogP contribution in [0.5, 0.6) is 5.88 Å². The number of amides is 1. The zero-order valence-electron chi connectivity index (χ0n) is 15.5. The van der Waals surface area contributed by atoms with E-state index in [1.807, 2.05) is 78.9 Å². The number of azo groups is 1. The minimum absolute atomic E-state index is 0.0155. The Bertz CT molecular complexity index is 1190. The second kappa shape index (κ2) is 8.41. The number of benzene rings is 3. The molecule has 6 heteroatoms. The standard InChI is InChI=1S/C23H18BrN3O2/c24-18-11-12-20-19(14-18)22(23(29)27(20)15-17-9-5-2-6-10-17)26-25-21(28)13-16-7-3-1-4-8-16/h1-12,14,29H,13,15H2. The zero-order valence-corrected chi connectivity index (χ0v) is 17.1. The zero-order chi connectivity index (χ0) is 20.2. The highest BCUT2D eigenvalue weighted by Gasteiger charge is 2.17. The van der Waals surface area contributed by atoms with Crippen LogP contribution in [0, 0.1) is 0 Å². The van der Waals surface area contributed by atoms with E-state index in [0.29, 0.717) is 12.2 Å². The van der Waals surface area contributed by atoms with Crippen LogP contribution in [0.4, 0.5) is 5.69 Å². The normalized spacial score (nSPS) is 11.3. The van der Waals surface area contributed by atoms with Gasteiger partial charge < -0.3 is 9.67 Å². The Balaban J connectivity index is 1.69. The fourth-order valence-electron chi connectivity index (χ4n) is 3.23. The third-order valence-electron chi connectivity index (χ3n) is 4.62. The quantitative estimate of drug-likeness (QED) is 0.380. The Labute approximate surface area is 176 Å². The first-order chi connectivity index (χ1) is 14.1. The number of nitrogens with zero attached hydrogens (tertiary/aromatic N) is 3. The monoisotopic (exact) mass is 447 g/mol. The van der Waals surface area contributed by atoms with Gasteiger partial charge in [0.2, 0.25) is 5.88 Å². The summed E-state index contributed by atoms with van der Waals surface area (Å²) in [6.45, 7) is 0.484. The number of hydrogen-bond acceptors (Lipinski definition) is 3. The molecule has 144 valence electrons. The van der Waals surface area contributed by atoms with Gasteiger partial charge in [0, 0.05) is 9.86 Å². The van der Waals surface area contributed by atoms with Gasteiger partial charge in [0.05, 0.1) is 18.5 Å². The summed E-state index contributed by atoms with van der Waals surface area (Å²) in [4.78, 5) is 12.2. The molecule has 0 radical (unpaired) electrons. The molecule has 4 aromatic rings. The van der Waals surface area contributed by atoms with Crippen molar-refractivity contribution in [2.75, 3.05) is 0 Å². The maximum atomic E-state index is 12.2. The molecule has 1 N–H and O–H groups in total. The Hall–Kier alpha value is -3.25. The van der Waals surface area contributed by atoms with Crippen LogP contribution in [0.15, 0.2) is 93.6 Å². The molecule has 0 unspecified atom stereocenters. The SMILES string of the molecule is O=C(Cc1ccccc1)N=Nc1c(O)n(Cc2ccccc2)c2ccc(Br)cc12. The summed E-state index contributed by atoms with van der Waals surface area (Å²) in [5, 5.41) is 19.5. The molecule has 1 aromatic heterocycles. The lowest BCUT2D eigenvalue weighted by Gasteiger charge is -2.07. The molecule has 5 nitrogen and oxygen atoms in total. The van der Waals surface area contributed by atoms with Crippen molar-refractivity contribution >= 4 is 38.4 Å². The summed E-state index contributed by atoms with van der Waals surface area (Å²) < 4.78 is 2.63. The molecule has 4 rings (SSSR count). The number of hydrogen-bond donors (Lipinski definition) is 1. The highest BCUT2D eigenvalue weighted by molar-refractivity contribution is 9.10. The highest BCUT2D eigenvalue weighted by Crippen LogP contribution is 2.40. The number of rotatable bonds is 5. The largest absolute Gasteiger partial charge is 0.493 e. The molecule has 0 aliphatic carbocycles. The predicted molar refractivity (Wildman–Crippen MR) is 117 cm³/mol. The van der Waals surface area contributed by atoms with Crippen LogP contribution >= 0.6 is 15.9 Å². The van der Waals surface area contributed by atoms with E-state index in [1.165, 1.54) is 0 Å². The molecule has 0 bridgehead atoms. The Morgan fingerprint density at radius 1 is 0.931 bits per heavy atom. The predicted octanol–water partition coefficient (Wildman–Crippen LogP) is 6.01. The van der Waals surface area contributed by atoms with Crippen molar-refractivity contribution in [3.05, 3.63) is 94.5 Å². The smallest absolute Gasteiger partial charge is 0.269 e. The average Bonchev–Trinajstić information content (AvgIpc) is 2.98. The van der Waals surface area contributed by atoms with Gasteiger partial charge in [-0.1, -0.05) is 76.6 Å². The molecule has 1 heterocycles. The Morgan fingerprint density at radius 2 is 1.59 bits per heavy atom. The molecule has 0 aliphatic heterocycles. The molecule has 29 heavy (non-hydrogen) atoms. The van der Waals surface area contributed by atoms with Crippen LogP contribution in [0.25, 0.3) is 10.9 Å². The number of carbonyl (C=O) groups excluding carboxylic acids is 1. The molecule has 0 spiro atoms. The third-order valence-corrected chi connectivity index (χ3v) is 5.11. The maximum Gasteiger partial charge on any atom is 0.269 e. The van der Waals surface area contributed by atoms with E-state index < -0.39 is 0 Å². The fraction of sp³-hybridized carbons (Fsp3) is 0.0870. The first kappa shape index (κ1) is 19.1. The molecular formula is C23H18BrN3O2. The lowest BCUT2D eigenvalue weighted by molar-refractivity contribution is -0.117. The lowest BCUT2D eigenvalue weighted by atomic mass is 10.1. The first-order valence-corrected chi connectivity index (χ1v) is 9.94. The van der Waals surface area contributed by atoms with Gasteiger partial charge in [-0.3, -0.25) is 4.79 Å². The van der Waals surface area contributed by atoms with E-state index in [4.69, 9.17) is 0 Å². The van der Waals surface area contributed by atoms with Gasteiger partial charge in [0.1, 0.15) is 0 Å². The van der Waals surface area contributed by atoms with Gasteiger partial charge in [-0.15, -0.1) is 10.2 Å². The summed E-state index contributed by atoms with van der Waals surface area (Å²) in [5.41, 5.74) is 3.03. The Kier molecular flexibility index (Phi) is 5.53. The molecule has 1 amide bonds. The van der Waals surface area contributed by atoms with Crippen LogP contribution in [0.2, 0.25) is 0 Å². The van der Waals surface area contributed by atoms with Gasteiger partial charge in [0.15, 0.2) is 5.69 Å². The maximum absolute atomic E-state index is 12.2. The number of aromatic nitrogens is 1. The van der Waals surface area contributed by atoms with Crippen LogP contribution < -0.4 is 0 Å². The van der Waals surface area contributed by atoms with Gasteiger partial charge >= 0.3 is 0 Å². The van der Waals surface area contributed by atoms with E-state index in [1.54, 1.807) is 4.57 Å². The highest BCUT2D eigenvalue weighted by atomic mass is 79.9. The van der Waals surface area contributed by atoms with Gasteiger partial charge in [0.25, 0.3) is 5.91 Å². The molecule has 0 saturated carbocycles. The summed E-state index contributed by atoms with van der Waals surface area (Å²) in [7, 11) is 0. The number of carbonyl (C=O) groups is 1. The second-order valence-electron chi connectivity index (χ2n) is 6.66. The molecular weight excluding hydrogens is 430 g/mol. The third kappa shape index (κ3) is 4.27. The van der Waals surface area contributed by atoms with E-state index in [0.717, 1.165) is 26.5 Å². The first-order valence-electron chi connectivity index (χ1n) is 9.15. The minimum atomic E-state index is -0.366.